The van der Waals surface area contributed by atoms with Crippen molar-refractivity contribution in [3.8, 4) is 23.0 Å². The van der Waals surface area contributed by atoms with E-state index in [-0.39, 0.29) is 40.9 Å². The molecule has 0 aliphatic carbocycles. The number of rotatable bonds is 12. The minimum atomic E-state index is -2.19. The zero-order valence-corrected chi connectivity index (χ0v) is 23.4. The molecule has 3 aromatic rings. The number of hydrogen-bond donors (Lipinski definition) is 2. The van der Waals surface area contributed by atoms with Crippen LogP contribution in [-0.2, 0) is 32.5 Å². The van der Waals surface area contributed by atoms with Crippen LogP contribution in [0.3, 0.4) is 0 Å². The van der Waals surface area contributed by atoms with Gasteiger partial charge in [0.15, 0.2) is 23.0 Å². The predicted molar refractivity (Wildman–Crippen MR) is 151 cm³/mol. The highest BCUT2D eigenvalue weighted by Crippen LogP contribution is 2.46. The third kappa shape index (κ3) is 5.79. The molecule has 0 aromatic heterocycles. The van der Waals surface area contributed by atoms with Crippen LogP contribution < -0.4 is 9.47 Å². The fourth-order valence-electron chi connectivity index (χ4n) is 4.95. The topological polar surface area (TPSA) is 138 Å². The van der Waals surface area contributed by atoms with Gasteiger partial charge in [-0.1, -0.05) is 42.5 Å². The number of benzene rings is 3. The maximum atomic E-state index is 13.4. The summed E-state index contributed by atoms with van der Waals surface area (Å²) in [6, 6.07) is 17.6. The van der Waals surface area contributed by atoms with E-state index < -0.39 is 28.5 Å². The Balaban J connectivity index is 2.43. The number of methoxy groups -OCH3 is 3. The van der Waals surface area contributed by atoms with Crippen molar-refractivity contribution in [2.75, 3.05) is 27.9 Å². The van der Waals surface area contributed by atoms with E-state index in [4.69, 9.17) is 31.2 Å². The normalized spacial score (nSPS) is 13.8. The van der Waals surface area contributed by atoms with Gasteiger partial charge in [0, 0.05) is 11.8 Å². The van der Waals surface area contributed by atoms with Crippen molar-refractivity contribution in [3.63, 3.8) is 0 Å². The molecule has 0 bridgehead atoms. The molecule has 0 spiro atoms. The Morgan fingerprint density at radius 1 is 0.900 bits per heavy atom. The number of esters is 1. The molecule has 3 rings (SSSR count). The first kappa shape index (κ1) is 30.2. The second-order valence-corrected chi connectivity index (χ2v) is 9.57. The molecule has 0 saturated heterocycles. The minimum Gasteiger partial charge on any atom is -0.504 e. The van der Waals surface area contributed by atoms with Crippen LogP contribution >= 0.6 is 12.2 Å². The molecule has 0 aliphatic heterocycles. The molecule has 2 atom stereocenters. The zero-order valence-electron chi connectivity index (χ0n) is 22.6. The van der Waals surface area contributed by atoms with Gasteiger partial charge in [0.1, 0.15) is 12.0 Å². The summed E-state index contributed by atoms with van der Waals surface area (Å²) in [5.41, 5.74) is -2.41. The van der Waals surface area contributed by atoms with Crippen molar-refractivity contribution in [3.05, 3.63) is 93.5 Å². The summed E-state index contributed by atoms with van der Waals surface area (Å²) in [6.45, 7) is 0.780. The first-order valence-corrected chi connectivity index (χ1v) is 12.6. The predicted octanol–water partition coefficient (Wildman–Crippen LogP) is 4.39. The van der Waals surface area contributed by atoms with Crippen molar-refractivity contribution in [2.45, 2.75) is 30.7 Å². The van der Waals surface area contributed by atoms with Gasteiger partial charge in [-0.2, -0.15) is 0 Å². The highest BCUT2D eigenvalue weighted by molar-refractivity contribution is 7.80. The number of nitrogens with zero attached hydrogens (tertiary/aromatic N) is 1. The Morgan fingerprint density at radius 2 is 1.43 bits per heavy atom. The molecule has 0 heterocycles. The SMILES string of the molecule is COC(=S)C(Cc1ccc(O)c(OC)c1)([N+](=O)[O-])C(COC(C)=O)(Cc1ccc(O)c(OC)c1)c1ccccc1. The first-order chi connectivity index (χ1) is 19.0. The van der Waals surface area contributed by atoms with E-state index in [0.717, 1.165) is 0 Å². The molecular weight excluding hydrogens is 538 g/mol. The van der Waals surface area contributed by atoms with E-state index in [1.54, 1.807) is 42.5 Å². The van der Waals surface area contributed by atoms with Crippen molar-refractivity contribution >= 4 is 23.2 Å². The Morgan fingerprint density at radius 3 is 1.88 bits per heavy atom. The Labute approximate surface area is 237 Å². The fraction of sp³-hybridized carbons (Fsp3) is 0.310. The third-order valence-corrected chi connectivity index (χ3v) is 7.43. The number of phenolic OH excluding ortho intramolecular Hbond substituents is 2. The summed E-state index contributed by atoms with van der Waals surface area (Å²) >= 11 is 5.62. The molecule has 10 nitrogen and oxygen atoms in total. The van der Waals surface area contributed by atoms with E-state index in [9.17, 15) is 25.1 Å². The quantitative estimate of drug-likeness (QED) is 0.140. The highest BCUT2D eigenvalue weighted by atomic mass is 32.1. The van der Waals surface area contributed by atoms with Gasteiger partial charge >= 0.3 is 11.5 Å². The van der Waals surface area contributed by atoms with Gasteiger partial charge in [0.2, 0.25) is 5.05 Å². The van der Waals surface area contributed by atoms with Crippen molar-refractivity contribution in [2.24, 2.45) is 0 Å². The number of carbonyl (C=O) groups excluding carboxylic acids is 1. The molecular formula is C29H31NO9S. The average Bonchev–Trinajstić information content (AvgIpc) is 2.95. The number of aromatic hydroxyl groups is 2. The highest BCUT2D eigenvalue weighted by Gasteiger charge is 2.67. The lowest BCUT2D eigenvalue weighted by atomic mass is 9.60. The van der Waals surface area contributed by atoms with E-state index >= 15 is 0 Å². The lowest BCUT2D eigenvalue weighted by Crippen LogP contribution is -2.66. The third-order valence-electron chi connectivity index (χ3n) is 6.93. The summed E-state index contributed by atoms with van der Waals surface area (Å²) in [4.78, 5) is 25.1. The lowest BCUT2D eigenvalue weighted by molar-refractivity contribution is -0.564. The molecule has 0 radical (unpaired) electrons. The van der Waals surface area contributed by atoms with Gasteiger partial charge in [0.25, 0.3) is 0 Å². The smallest absolute Gasteiger partial charge is 0.305 e. The van der Waals surface area contributed by atoms with Crippen molar-refractivity contribution < 1.29 is 38.9 Å². The van der Waals surface area contributed by atoms with Gasteiger partial charge in [-0.15, -0.1) is 0 Å². The Hall–Kier alpha value is -4.38. The van der Waals surface area contributed by atoms with Gasteiger partial charge in [-0.05, 0) is 59.6 Å². The van der Waals surface area contributed by atoms with E-state index in [2.05, 4.69) is 0 Å². The van der Waals surface area contributed by atoms with Crippen molar-refractivity contribution in [1.82, 2.24) is 0 Å². The van der Waals surface area contributed by atoms with Gasteiger partial charge < -0.3 is 29.2 Å². The van der Waals surface area contributed by atoms with Crippen LogP contribution in [0.5, 0.6) is 23.0 Å². The number of ether oxygens (including phenoxy) is 4. The largest absolute Gasteiger partial charge is 0.504 e. The summed E-state index contributed by atoms with van der Waals surface area (Å²) in [5.74, 6) is -0.614. The lowest BCUT2D eigenvalue weighted by Gasteiger charge is -2.44. The Bertz CT molecular complexity index is 1380. The molecule has 0 saturated carbocycles. The number of phenols is 2. The summed E-state index contributed by atoms with van der Waals surface area (Å²) in [5, 5.41) is 33.4. The van der Waals surface area contributed by atoms with Gasteiger partial charge in [0.05, 0.1) is 27.8 Å². The first-order valence-electron chi connectivity index (χ1n) is 12.2. The van der Waals surface area contributed by atoms with Crippen LogP contribution in [0.4, 0.5) is 0 Å². The van der Waals surface area contributed by atoms with Crippen LogP contribution in [0, 0.1) is 10.1 Å². The molecule has 11 heteroatoms. The van der Waals surface area contributed by atoms with Crippen LogP contribution in [0.15, 0.2) is 66.7 Å². The van der Waals surface area contributed by atoms with E-state index in [1.165, 1.54) is 52.5 Å². The number of hydrogen-bond acceptors (Lipinski definition) is 10. The fourth-order valence-corrected chi connectivity index (χ4v) is 5.29. The monoisotopic (exact) mass is 569 g/mol. The second kappa shape index (κ2) is 12.6. The molecule has 0 aliphatic rings. The van der Waals surface area contributed by atoms with E-state index in [1.807, 2.05) is 0 Å². The molecule has 40 heavy (non-hydrogen) atoms. The van der Waals surface area contributed by atoms with Crippen LogP contribution in [0.1, 0.15) is 23.6 Å². The molecule has 212 valence electrons. The van der Waals surface area contributed by atoms with Crippen molar-refractivity contribution in [1.29, 1.82) is 0 Å². The minimum absolute atomic E-state index is 0.0688. The van der Waals surface area contributed by atoms with Crippen LogP contribution in [0.2, 0.25) is 0 Å². The average molecular weight is 570 g/mol. The maximum Gasteiger partial charge on any atom is 0.305 e. The molecule has 0 fully saturated rings. The van der Waals surface area contributed by atoms with Crippen LogP contribution in [-0.4, -0.2) is 59.6 Å². The number of thiocarbonyl (C=S) groups is 1. The Kier molecular flexibility index (Phi) is 9.54. The molecule has 3 aromatic carbocycles. The summed E-state index contributed by atoms with van der Waals surface area (Å²) < 4.78 is 21.6. The van der Waals surface area contributed by atoms with E-state index in [0.29, 0.717) is 16.7 Å². The zero-order chi connectivity index (χ0) is 29.5. The maximum absolute atomic E-state index is 13.4. The van der Waals surface area contributed by atoms with Gasteiger partial charge in [-0.3, -0.25) is 14.9 Å². The number of nitro groups is 1. The molecule has 2 unspecified atom stereocenters. The number of carbonyl (C=O) groups is 1. The molecule has 0 amide bonds. The molecule has 2 N–H and O–H groups in total. The second-order valence-electron chi connectivity index (χ2n) is 9.20. The summed E-state index contributed by atoms with van der Waals surface area (Å²) in [6.07, 6.45) is -0.380. The van der Waals surface area contributed by atoms with Gasteiger partial charge in [-0.25, -0.2) is 0 Å². The standard InChI is InChI=1S/C29H31NO9S/c1-19(31)39-18-28(22-8-6-5-7-9-22,16-20-10-12-23(32)25(14-20)36-2)29(30(34)35,27(40)38-4)17-21-11-13-24(33)26(15-21)37-3/h5-15,32-33H,16-18H2,1-4H3. The van der Waals surface area contributed by atoms with Crippen LogP contribution in [0.25, 0.3) is 0 Å². The summed E-state index contributed by atoms with van der Waals surface area (Å²) in [7, 11) is 4.01.